The third-order valence-electron chi connectivity index (χ3n) is 3.15. The monoisotopic (exact) mass is 337 g/mol. The maximum absolute atomic E-state index is 10.9. The minimum atomic E-state index is -1.79. The van der Waals surface area contributed by atoms with E-state index in [2.05, 4.69) is 0 Å². The molecule has 1 aliphatic heterocycles. The van der Waals surface area contributed by atoms with Gasteiger partial charge in [0.25, 0.3) is 0 Å². The molecule has 7 atom stereocenters. The highest BCUT2D eigenvalue weighted by atomic mass is 16.7. The highest BCUT2D eigenvalue weighted by Gasteiger charge is 2.41. The van der Waals surface area contributed by atoms with E-state index < -0.39 is 61.2 Å². The fourth-order valence-corrected chi connectivity index (χ4v) is 1.84. The Kier molecular flexibility index (Phi) is 7.02. The van der Waals surface area contributed by atoms with E-state index in [0.29, 0.717) is 0 Å². The number of nitrogens with two attached hydrogens (primary N) is 1. The summed E-state index contributed by atoms with van der Waals surface area (Å²) in [4.78, 5) is 21.5. The molecule has 0 saturated carbocycles. The van der Waals surface area contributed by atoms with Crippen molar-refractivity contribution >= 4 is 12.3 Å². The van der Waals surface area contributed by atoms with Gasteiger partial charge in [-0.2, -0.15) is 0 Å². The van der Waals surface area contributed by atoms with Crippen LogP contribution in [0.2, 0.25) is 0 Å². The third-order valence-corrected chi connectivity index (χ3v) is 3.15. The number of hydrogen-bond acceptors (Lipinski definition) is 10. The normalized spacial score (nSPS) is 29.7. The second-order valence-electron chi connectivity index (χ2n) is 4.86. The zero-order valence-corrected chi connectivity index (χ0v) is 11.8. The Morgan fingerprint density at radius 1 is 1.43 bits per heavy atom. The van der Waals surface area contributed by atoms with Crippen molar-refractivity contribution in [1.29, 1.82) is 0 Å². The van der Waals surface area contributed by atoms with E-state index >= 15 is 0 Å². The van der Waals surface area contributed by atoms with E-state index in [1.165, 1.54) is 0 Å². The van der Waals surface area contributed by atoms with E-state index in [1.807, 2.05) is 0 Å². The SMILES string of the molecule is NC(C=O)C(O)C(OC1OC(C(=O)O)=CC(O)C1O)C(O)CO. The second-order valence-corrected chi connectivity index (χ2v) is 4.86. The highest BCUT2D eigenvalue weighted by Crippen LogP contribution is 2.23. The number of carbonyl (C=O) groups is 2. The van der Waals surface area contributed by atoms with Gasteiger partial charge in [-0.1, -0.05) is 0 Å². The Labute approximate surface area is 130 Å². The van der Waals surface area contributed by atoms with Gasteiger partial charge >= 0.3 is 5.97 Å². The maximum atomic E-state index is 10.9. The number of aliphatic hydroxyl groups is 5. The first-order valence-electron chi connectivity index (χ1n) is 6.54. The lowest BCUT2D eigenvalue weighted by atomic mass is 10.0. The highest BCUT2D eigenvalue weighted by molar-refractivity contribution is 5.84. The van der Waals surface area contributed by atoms with Crippen LogP contribution in [-0.4, -0.2) is 92.4 Å². The summed E-state index contributed by atoms with van der Waals surface area (Å²) < 4.78 is 9.87. The van der Waals surface area contributed by atoms with Crippen molar-refractivity contribution in [3.8, 4) is 0 Å². The summed E-state index contributed by atoms with van der Waals surface area (Å²) in [7, 11) is 0. The molecular formula is C12H19NO10. The van der Waals surface area contributed by atoms with Crippen LogP contribution in [0.3, 0.4) is 0 Å². The van der Waals surface area contributed by atoms with Crippen molar-refractivity contribution in [2.24, 2.45) is 5.73 Å². The van der Waals surface area contributed by atoms with Crippen LogP contribution < -0.4 is 5.73 Å². The standard InChI is InChI=1S/C12H19NO10/c13-4(2-14)8(18)10(6(17)3-15)23-12-9(19)5(16)1-7(22-12)11(20)21/h1-2,4-6,8-10,12,15-19H,3,13H2,(H,20,21). The zero-order valence-electron chi connectivity index (χ0n) is 11.8. The fraction of sp³-hybridized carbons (Fsp3) is 0.667. The van der Waals surface area contributed by atoms with Crippen molar-refractivity contribution in [3.05, 3.63) is 11.8 Å². The van der Waals surface area contributed by atoms with Crippen LogP contribution in [0.15, 0.2) is 11.8 Å². The molecule has 11 heteroatoms. The lowest BCUT2D eigenvalue weighted by Gasteiger charge is -2.36. The van der Waals surface area contributed by atoms with E-state index in [1.54, 1.807) is 0 Å². The first-order valence-corrected chi connectivity index (χ1v) is 6.54. The van der Waals surface area contributed by atoms with Gasteiger partial charge in [-0.3, -0.25) is 0 Å². The van der Waals surface area contributed by atoms with Gasteiger partial charge in [-0.05, 0) is 6.08 Å². The number of carboxylic acids is 1. The summed E-state index contributed by atoms with van der Waals surface area (Å²) in [5.74, 6) is -2.27. The van der Waals surface area contributed by atoms with Crippen LogP contribution >= 0.6 is 0 Å². The Morgan fingerprint density at radius 3 is 2.52 bits per heavy atom. The summed E-state index contributed by atoms with van der Waals surface area (Å²) in [6.07, 6.45) is -9.49. The molecule has 0 bridgehead atoms. The Bertz CT molecular complexity index is 455. The molecule has 8 N–H and O–H groups in total. The van der Waals surface area contributed by atoms with Gasteiger partial charge in [0.05, 0.1) is 12.6 Å². The minimum Gasteiger partial charge on any atom is -0.475 e. The minimum absolute atomic E-state index is 0.167. The average Bonchev–Trinajstić information content (AvgIpc) is 2.53. The summed E-state index contributed by atoms with van der Waals surface area (Å²) in [5, 5.41) is 56.6. The van der Waals surface area contributed by atoms with E-state index in [4.69, 9.17) is 25.4 Å². The number of hydrogen-bond donors (Lipinski definition) is 7. The molecule has 0 fully saturated rings. The zero-order chi connectivity index (χ0) is 17.7. The number of carbonyl (C=O) groups excluding carboxylic acids is 1. The van der Waals surface area contributed by atoms with Gasteiger partial charge in [-0.25, -0.2) is 4.79 Å². The van der Waals surface area contributed by atoms with Gasteiger partial charge < -0.3 is 50.6 Å². The molecule has 1 heterocycles. The molecule has 7 unspecified atom stereocenters. The molecule has 0 aromatic heterocycles. The van der Waals surface area contributed by atoms with E-state index in [0.717, 1.165) is 6.08 Å². The number of rotatable bonds is 8. The van der Waals surface area contributed by atoms with Gasteiger partial charge in [0.15, 0.2) is 0 Å². The van der Waals surface area contributed by atoms with Gasteiger partial charge in [0.2, 0.25) is 12.0 Å². The van der Waals surface area contributed by atoms with Gasteiger partial charge in [0.1, 0.15) is 36.8 Å². The molecule has 0 aromatic carbocycles. The van der Waals surface area contributed by atoms with Gasteiger partial charge in [0, 0.05) is 0 Å². The number of ether oxygens (including phenoxy) is 2. The molecule has 0 amide bonds. The Balaban J connectivity index is 2.96. The fourth-order valence-electron chi connectivity index (χ4n) is 1.84. The summed E-state index contributed by atoms with van der Waals surface area (Å²) in [5.41, 5.74) is 5.30. The smallest absolute Gasteiger partial charge is 0.371 e. The molecule has 1 rings (SSSR count). The van der Waals surface area contributed by atoms with Crippen LogP contribution in [0.25, 0.3) is 0 Å². The average molecular weight is 337 g/mol. The molecule has 132 valence electrons. The first kappa shape index (κ1) is 19.4. The summed E-state index contributed by atoms with van der Waals surface area (Å²) in [6, 6.07) is -1.48. The van der Waals surface area contributed by atoms with E-state index in [-0.39, 0.29) is 6.29 Å². The Hall–Kier alpha value is -1.60. The number of aldehydes is 1. The largest absolute Gasteiger partial charge is 0.475 e. The third kappa shape index (κ3) is 4.68. The molecule has 0 spiro atoms. The molecule has 1 aliphatic rings. The van der Waals surface area contributed by atoms with Gasteiger partial charge in [-0.15, -0.1) is 0 Å². The quantitative estimate of drug-likeness (QED) is 0.211. The van der Waals surface area contributed by atoms with Crippen LogP contribution in [-0.2, 0) is 19.1 Å². The van der Waals surface area contributed by atoms with Crippen molar-refractivity contribution in [3.63, 3.8) is 0 Å². The predicted octanol–water partition coefficient (Wildman–Crippen LogP) is -4.34. The van der Waals surface area contributed by atoms with Crippen molar-refractivity contribution in [2.45, 2.75) is 42.9 Å². The predicted molar refractivity (Wildman–Crippen MR) is 70.6 cm³/mol. The van der Waals surface area contributed by atoms with Crippen molar-refractivity contribution < 1.29 is 49.7 Å². The van der Waals surface area contributed by atoms with Crippen molar-refractivity contribution in [1.82, 2.24) is 0 Å². The van der Waals surface area contributed by atoms with Crippen LogP contribution in [0.4, 0.5) is 0 Å². The molecule has 11 nitrogen and oxygen atoms in total. The molecule has 0 aliphatic carbocycles. The molecule has 0 saturated heterocycles. The Morgan fingerprint density at radius 2 is 2.04 bits per heavy atom. The molecule has 23 heavy (non-hydrogen) atoms. The van der Waals surface area contributed by atoms with Crippen molar-refractivity contribution in [2.75, 3.05) is 6.61 Å². The first-order chi connectivity index (χ1) is 10.7. The number of carboxylic acid groups (broad SMARTS) is 1. The maximum Gasteiger partial charge on any atom is 0.371 e. The second kappa shape index (κ2) is 8.31. The van der Waals surface area contributed by atoms with Crippen LogP contribution in [0, 0.1) is 0 Å². The molecule has 0 aromatic rings. The summed E-state index contributed by atoms with van der Waals surface area (Å²) >= 11 is 0. The number of aliphatic hydroxyl groups excluding tert-OH is 5. The lowest BCUT2D eigenvalue weighted by Crippen LogP contribution is -2.55. The lowest BCUT2D eigenvalue weighted by molar-refractivity contribution is -0.255. The summed E-state index contributed by atoms with van der Waals surface area (Å²) in [6.45, 7) is -0.889. The topological polar surface area (TPSA) is 200 Å². The van der Waals surface area contributed by atoms with Crippen LogP contribution in [0.1, 0.15) is 0 Å². The molecular weight excluding hydrogens is 318 g/mol. The molecule has 0 radical (unpaired) electrons. The number of aliphatic carboxylic acids is 1. The van der Waals surface area contributed by atoms with E-state index in [9.17, 15) is 30.0 Å². The van der Waals surface area contributed by atoms with Crippen LogP contribution in [0.5, 0.6) is 0 Å².